The summed E-state index contributed by atoms with van der Waals surface area (Å²) in [4.78, 5) is 5.80. The Morgan fingerprint density at radius 1 is 1.00 bits per heavy atom. The first kappa shape index (κ1) is 10.9. The van der Waals surface area contributed by atoms with E-state index in [2.05, 4.69) is 45.0 Å². The van der Waals surface area contributed by atoms with Gasteiger partial charge in [0.2, 0.25) is 0 Å². The lowest BCUT2D eigenvalue weighted by Crippen LogP contribution is -1.77. The molecule has 0 amide bonds. The Morgan fingerprint density at radius 2 is 1.67 bits per heavy atom. The first-order valence-electron chi connectivity index (χ1n) is 5.39. The highest BCUT2D eigenvalue weighted by Gasteiger charge is 2.07. The first-order valence-corrected chi connectivity index (χ1v) is 7.02. The van der Waals surface area contributed by atoms with Gasteiger partial charge in [-0.05, 0) is 36.6 Å². The Balaban J connectivity index is 2.28. The van der Waals surface area contributed by atoms with Crippen LogP contribution in [0.1, 0.15) is 36.4 Å². The number of hydrogen-bond acceptors (Lipinski definition) is 2. The summed E-state index contributed by atoms with van der Waals surface area (Å²) in [5, 5.41) is 0. The minimum absolute atomic E-state index is 0.648. The molecular formula is C13H16S2. The molecule has 0 spiro atoms. The first-order chi connectivity index (χ1) is 7.20. The second-order valence-corrected chi connectivity index (χ2v) is 6.26. The molecule has 0 saturated carbocycles. The number of rotatable bonds is 3. The lowest BCUT2D eigenvalue weighted by molar-refractivity contribution is 0.890. The minimum Gasteiger partial charge on any atom is -0.139 e. The molecule has 15 heavy (non-hydrogen) atoms. The van der Waals surface area contributed by atoms with Gasteiger partial charge >= 0.3 is 0 Å². The molecule has 0 aromatic carbocycles. The molecule has 80 valence electrons. The Labute approximate surface area is 99.6 Å². The van der Waals surface area contributed by atoms with Crippen LogP contribution in [0.25, 0.3) is 9.75 Å². The van der Waals surface area contributed by atoms with Gasteiger partial charge in [-0.3, -0.25) is 0 Å². The van der Waals surface area contributed by atoms with E-state index in [1.165, 1.54) is 19.5 Å². The molecule has 0 nitrogen and oxygen atoms in total. The molecule has 0 aliphatic carbocycles. The second kappa shape index (κ2) is 4.50. The molecule has 0 bridgehead atoms. The van der Waals surface area contributed by atoms with Crippen LogP contribution in [0.5, 0.6) is 0 Å². The van der Waals surface area contributed by atoms with Crippen LogP contribution in [0.3, 0.4) is 0 Å². The fraction of sp³-hybridized carbons (Fsp3) is 0.385. The van der Waals surface area contributed by atoms with Crippen molar-refractivity contribution in [1.29, 1.82) is 0 Å². The summed E-state index contributed by atoms with van der Waals surface area (Å²) in [6.07, 6.45) is 1.15. The van der Waals surface area contributed by atoms with Crippen LogP contribution in [-0.2, 0) is 6.42 Å². The highest BCUT2D eigenvalue weighted by Crippen LogP contribution is 2.35. The Bertz CT molecular complexity index is 435. The lowest BCUT2D eigenvalue weighted by atomic mass is 10.2. The summed E-state index contributed by atoms with van der Waals surface area (Å²) in [6, 6.07) is 9.01. The summed E-state index contributed by atoms with van der Waals surface area (Å²) in [5.41, 5.74) is 0. The van der Waals surface area contributed by atoms with E-state index in [1.54, 1.807) is 0 Å². The van der Waals surface area contributed by atoms with Gasteiger partial charge in [-0.15, -0.1) is 22.7 Å². The van der Waals surface area contributed by atoms with Crippen molar-refractivity contribution in [3.8, 4) is 9.75 Å². The summed E-state index contributed by atoms with van der Waals surface area (Å²) in [7, 11) is 0. The third-order valence-corrected chi connectivity index (χ3v) is 5.26. The highest BCUT2D eigenvalue weighted by molar-refractivity contribution is 7.22. The maximum atomic E-state index is 2.26. The van der Waals surface area contributed by atoms with Crippen molar-refractivity contribution >= 4 is 22.7 Å². The van der Waals surface area contributed by atoms with E-state index in [4.69, 9.17) is 0 Å². The average Bonchev–Trinajstić information content (AvgIpc) is 2.86. The van der Waals surface area contributed by atoms with Crippen molar-refractivity contribution in [2.24, 2.45) is 0 Å². The third-order valence-electron chi connectivity index (χ3n) is 2.45. The smallest absolute Gasteiger partial charge is 0.0445 e. The lowest BCUT2D eigenvalue weighted by Gasteiger charge is -1.97. The summed E-state index contributed by atoms with van der Waals surface area (Å²) >= 11 is 3.85. The number of thiophene rings is 2. The second-order valence-electron chi connectivity index (χ2n) is 3.98. The molecule has 2 heteroatoms. The monoisotopic (exact) mass is 236 g/mol. The van der Waals surface area contributed by atoms with Crippen LogP contribution in [-0.4, -0.2) is 0 Å². The number of aryl methyl sites for hydroxylation is 1. The van der Waals surface area contributed by atoms with Crippen LogP contribution >= 0.6 is 22.7 Å². The van der Waals surface area contributed by atoms with Crippen molar-refractivity contribution < 1.29 is 0 Å². The molecule has 0 radical (unpaired) electrons. The molecule has 0 aliphatic rings. The van der Waals surface area contributed by atoms with Gasteiger partial charge < -0.3 is 0 Å². The fourth-order valence-corrected chi connectivity index (χ4v) is 3.54. The molecule has 2 heterocycles. The zero-order valence-corrected chi connectivity index (χ0v) is 11.0. The van der Waals surface area contributed by atoms with Crippen molar-refractivity contribution in [1.82, 2.24) is 0 Å². The molecule has 2 aromatic rings. The van der Waals surface area contributed by atoms with Crippen molar-refractivity contribution in [3.05, 3.63) is 34.0 Å². The van der Waals surface area contributed by atoms with E-state index < -0.39 is 0 Å². The Hall–Kier alpha value is -0.600. The van der Waals surface area contributed by atoms with Gasteiger partial charge in [0.1, 0.15) is 0 Å². The molecule has 0 unspecified atom stereocenters. The summed E-state index contributed by atoms with van der Waals surface area (Å²) in [5.74, 6) is 0.648. The van der Waals surface area contributed by atoms with Crippen LogP contribution in [0, 0.1) is 0 Å². The van der Waals surface area contributed by atoms with E-state index in [-0.39, 0.29) is 0 Å². The molecule has 0 N–H and O–H groups in total. The van der Waals surface area contributed by atoms with Crippen molar-refractivity contribution in [2.45, 2.75) is 33.1 Å². The van der Waals surface area contributed by atoms with E-state index in [1.807, 2.05) is 22.7 Å². The summed E-state index contributed by atoms with van der Waals surface area (Å²) < 4.78 is 0. The van der Waals surface area contributed by atoms with Gasteiger partial charge in [0.15, 0.2) is 0 Å². The Kier molecular flexibility index (Phi) is 3.27. The molecule has 2 rings (SSSR count). The van der Waals surface area contributed by atoms with Gasteiger partial charge in [-0.2, -0.15) is 0 Å². The molecular weight excluding hydrogens is 220 g/mol. The van der Waals surface area contributed by atoms with E-state index in [9.17, 15) is 0 Å². The molecule has 0 aliphatic heterocycles. The van der Waals surface area contributed by atoms with Gasteiger partial charge in [-0.1, -0.05) is 20.8 Å². The largest absolute Gasteiger partial charge is 0.139 e. The fourth-order valence-electron chi connectivity index (χ4n) is 1.50. The average molecular weight is 236 g/mol. The van der Waals surface area contributed by atoms with Crippen molar-refractivity contribution in [3.63, 3.8) is 0 Å². The normalized spacial score (nSPS) is 11.2. The van der Waals surface area contributed by atoms with Gasteiger partial charge in [-0.25, -0.2) is 0 Å². The van der Waals surface area contributed by atoms with E-state index >= 15 is 0 Å². The predicted octanol–water partition coefficient (Wildman–Crippen LogP) is 5.16. The zero-order chi connectivity index (χ0) is 10.8. The summed E-state index contributed by atoms with van der Waals surface area (Å²) in [6.45, 7) is 6.71. The third kappa shape index (κ3) is 2.32. The minimum atomic E-state index is 0.648. The van der Waals surface area contributed by atoms with E-state index in [0.717, 1.165) is 6.42 Å². The maximum Gasteiger partial charge on any atom is 0.0445 e. The highest BCUT2D eigenvalue weighted by atomic mass is 32.1. The van der Waals surface area contributed by atoms with Gasteiger partial charge in [0.05, 0.1) is 0 Å². The molecule has 0 fully saturated rings. The van der Waals surface area contributed by atoms with Crippen LogP contribution in [0.4, 0.5) is 0 Å². The SMILES string of the molecule is CCc1ccc(-c2ccc(C(C)C)s2)s1. The number of hydrogen-bond donors (Lipinski definition) is 0. The quantitative estimate of drug-likeness (QED) is 0.690. The Morgan fingerprint density at radius 3 is 2.20 bits per heavy atom. The van der Waals surface area contributed by atoms with Crippen molar-refractivity contribution in [2.75, 3.05) is 0 Å². The zero-order valence-electron chi connectivity index (χ0n) is 9.41. The maximum absolute atomic E-state index is 2.26. The standard InChI is InChI=1S/C13H16S2/c1-4-10-5-6-12(14-10)13-8-7-11(15-13)9(2)3/h5-9H,4H2,1-3H3. The topological polar surface area (TPSA) is 0 Å². The van der Waals surface area contributed by atoms with Crippen LogP contribution in [0.15, 0.2) is 24.3 Å². The molecule has 0 atom stereocenters. The van der Waals surface area contributed by atoms with Crippen LogP contribution < -0.4 is 0 Å². The van der Waals surface area contributed by atoms with Gasteiger partial charge in [0.25, 0.3) is 0 Å². The van der Waals surface area contributed by atoms with Gasteiger partial charge in [0, 0.05) is 19.5 Å². The molecule has 2 aromatic heterocycles. The predicted molar refractivity (Wildman–Crippen MR) is 71.1 cm³/mol. The molecule has 0 saturated heterocycles. The van der Waals surface area contributed by atoms with E-state index in [0.29, 0.717) is 5.92 Å². The van der Waals surface area contributed by atoms with Crippen LogP contribution in [0.2, 0.25) is 0 Å².